The number of H-pyrrole nitrogens is 1. The Balaban J connectivity index is 1.99. The van der Waals surface area contributed by atoms with Gasteiger partial charge in [-0.05, 0) is 20.0 Å². The minimum atomic E-state index is -0.192. The first-order valence-electron chi connectivity index (χ1n) is 6.44. The van der Waals surface area contributed by atoms with Gasteiger partial charge in [-0.25, -0.2) is 10.1 Å². The van der Waals surface area contributed by atoms with Crippen LogP contribution in [0.2, 0.25) is 0 Å². The van der Waals surface area contributed by atoms with Crippen molar-refractivity contribution in [3.63, 3.8) is 0 Å². The quantitative estimate of drug-likeness (QED) is 0.806. The van der Waals surface area contributed by atoms with Gasteiger partial charge in [-0.15, -0.1) is 0 Å². The normalized spacial score (nSPS) is 20.9. The summed E-state index contributed by atoms with van der Waals surface area (Å²) in [7, 11) is 2.13. The molecule has 1 fully saturated rings. The number of hydrogen-bond donors (Lipinski definition) is 1. The highest BCUT2D eigenvalue weighted by Gasteiger charge is 2.22. The van der Waals surface area contributed by atoms with Gasteiger partial charge in [-0.2, -0.15) is 5.10 Å². The van der Waals surface area contributed by atoms with E-state index in [0.29, 0.717) is 11.4 Å². The average Bonchev–Trinajstić information content (AvgIpc) is 2.38. The molecular weight excluding hydrogens is 242 g/mol. The van der Waals surface area contributed by atoms with Crippen LogP contribution in [-0.2, 0) is 0 Å². The molecule has 0 aromatic carbocycles. The summed E-state index contributed by atoms with van der Waals surface area (Å²) in [4.78, 5) is 20.6. The Morgan fingerprint density at radius 1 is 1.37 bits per heavy atom. The van der Waals surface area contributed by atoms with Crippen molar-refractivity contribution in [2.45, 2.75) is 13.0 Å². The number of rotatable bonds is 1. The van der Waals surface area contributed by atoms with Gasteiger partial charge in [0.25, 0.3) is 5.56 Å². The van der Waals surface area contributed by atoms with Crippen molar-refractivity contribution >= 4 is 16.6 Å². The standard InChI is InChI=1S/C13H17N5O/c1-9-8-17(2)3-4-18(9)12-5-10-6-15-16-13(19)11(10)7-14-12/h5-7,9H,3-4,8H2,1-2H3,(H,16,19)/t9-/m0/s1. The molecule has 6 nitrogen and oxygen atoms in total. The summed E-state index contributed by atoms with van der Waals surface area (Å²) >= 11 is 0. The topological polar surface area (TPSA) is 65.1 Å². The van der Waals surface area contributed by atoms with Crippen LogP contribution >= 0.6 is 0 Å². The van der Waals surface area contributed by atoms with Crippen LogP contribution in [0.15, 0.2) is 23.3 Å². The van der Waals surface area contributed by atoms with Crippen molar-refractivity contribution in [3.05, 3.63) is 28.8 Å². The monoisotopic (exact) mass is 259 g/mol. The Morgan fingerprint density at radius 3 is 3.00 bits per heavy atom. The summed E-state index contributed by atoms with van der Waals surface area (Å²) in [6.45, 7) is 5.19. The first-order valence-corrected chi connectivity index (χ1v) is 6.44. The molecule has 0 radical (unpaired) electrons. The molecule has 2 aromatic rings. The van der Waals surface area contributed by atoms with Gasteiger partial charge in [0.2, 0.25) is 0 Å². The molecule has 0 aliphatic carbocycles. The smallest absolute Gasteiger partial charge is 0.273 e. The predicted octanol–water partition coefficient (Wildman–Crippen LogP) is 0.458. The third kappa shape index (κ3) is 2.19. The van der Waals surface area contributed by atoms with E-state index in [9.17, 15) is 4.79 Å². The van der Waals surface area contributed by atoms with Crippen molar-refractivity contribution in [1.29, 1.82) is 0 Å². The number of piperazine rings is 1. The second-order valence-corrected chi connectivity index (χ2v) is 5.13. The molecule has 0 spiro atoms. The van der Waals surface area contributed by atoms with Crippen LogP contribution in [0.25, 0.3) is 10.8 Å². The summed E-state index contributed by atoms with van der Waals surface area (Å²) in [6.07, 6.45) is 3.30. The fourth-order valence-electron chi connectivity index (χ4n) is 2.61. The Bertz CT molecular complexity index is 653. The molecule has 0 bridgehead atoms. The molecule has 1 N–H and O–H groups in total. The molecule has 3 rings (SSSR count). The van der Waals surface area contributed by atoms with Crippen LogP contribution in [0.1, 0.15) is 6.92 Å². The Hall–Kier alpha value is -1.95. The Kier molecular flexibility index (Phi) is 2.94. The van der Waals surface area contributed by atoms with E-state index in [-0.39, 0.29) is 5.56 Å². The lowest BCUT2D eigenvalue weighted by Crippen LogP contribution is -2.50. The molecule has 19 heavy (non-hydrogen) atoms. The van der Waals surface area contributed by atoms with Gasteiger partial charge in [-0.3, -0.25) is 4.79 Å². The zero-order valence-corrected chi connectivity index (χ0v) is 11.1. The Labute approximate surface area is 111 Å². The molecule has 0 saturated carbocycles. The van der Waals surface area contributed by atoms with E-state index in [1.807, 2.05) is 6.07 Å². The number of aromatic nitrogens is 3. The van der Waals surface area contributed by atoms with Crippen molar-refractivity contribution < 1.29 is 0 Å². The zero-order chi connectivity index (χ0) is 13.4. The van der Waals surface area contributed by atoms with Gasteiger partial charge in [-0.1, -0.05) is 0 Å². The number of fused-ring (bicyclic) bond motifs is 1. The van der Waals surface area contributed by atoms with Crippen molar-refractivity contribution in [2.24, 2.45) is 0 Å². The highest BCUT2D eigenvalue weighted by atomic mass is 16.1. The maximum absolute atomic E-state index is 11.6. The number of hydrogen-bond acceptors (Lipinski definition) is 5. The number of aromatic amines is 1. The minimum Gasteiger partial charge on any atom is -0.351 e. The van der Waals surface area contributed by atoms with E-state index in [2.05, 4.69) is 39.0 Å². The minimum absolute atomic E-state index is 0.192. The lowest BCUT2D eigenvalue weighted by Gasteiger charge is -2.39. The predicted molar refractivity (Wildman–Crippen MR) is 74.5 cm³/mol. The van der Waals surface area contributed by atoms with E-state index in [1.54, 1.807) is 12.4 Å². The summed E-state index contributed by atoms with van der Waals surface area (Å²) in [5, 5.41) is 7.68. The zero-order valence-electron chi connectivity index (χ0n) is 11.1. The van der Waals surface area contributed by atoms with Gasteiger partial charge in [0, 0.05) is 37.3 Å². The second-order valence-electron chi connectivity index (χ2n) is 5.13. The van der Waals surface area contributed by atoms with Crippen LogP contribution in [0.5, 0.6) is 0 Å². The lowest BCUT2D eigenvalue weighted by atomic mass is 10.2. The molecule has 6 heteroatoms. The van der Waals surface area contributed by atoms with E-state index >= 15 is 0 Å². The van der Waals surface area contributed by atoms with Gasteiger partial charge >= 0.3 is 0 Å². The fourth-order valence-corrected chi connectivity index (χ4v) is 2.61. The molecule has 0 amide bonds. The number of nitrogens with one attached hydrogen (secondary N) is 1. The Morgan fingerprint density at radius 2 is 2.21 bits per heavy atom. The van der Waals surface area contributed by atoms with Crippen LogP contribution in [-0.4, -0.2) is 52.8 Å². The molecule has 1 atom stereocenters. The molecule has 1 aliphatic rings. The number of anilines is 1. The molecule has 3 heterocycles. The van der Waals surface area contributed by atoms with Gasteiger partial charge in [0.05, 0.1) is 11.6 Å². The molecule has 1 saturated heterocycles. The molecular formula is C13H17N5O. The van der Waals surface area contributed by atoms with Gasteiger partial charge in [0.1, 0.15) is 5.82 Å². The highest BCUT2D eigenvalue weighted by Crippen LogP contribution is 2.20. The van der Waals surface area contributed by atoms with Crippen LogP contribution in [0, 0.1) is 0 Å². The largest absolute Gasteiger partial charge is 0.351 e. The first kappa shape index (κ1) is 12.1. The SMILES string of the molecule is C[C@H]1CN(C)CCN1c1cc2cn[nH]c(=O)c2cn1. The van der Waals surface area contributed by atoms with Crippen molar-refractivity contribution in [1.82, 2.24) is 20.1 Å². The molecule has 0 unspecified atom stereocenters. The second kappa shape index (κ2) is 4.62. The van der Waals surface area contributed by atoms with Gasteiger partial charge < -0.3 is 9.80 Å². The van der Waals surface area contributed by atoms with Crippen LogP contribution in [0.4, 0.5) is 5.82 Å². The number of likely N-dealkylation sites (N-methyl/N-ethyl adjacent to an activating group) is 1. The van der Waals surface area contributed by atoms with E-state index in [1.165, 1.54) is 0 Å². The maximum Gasteiger partial charge on any atom is 0.273 e. The average molecular weight is 259 g/mol. The molecule has 1 aliphatic heterocycles. The maximum atomic E-state index is 11.6. The molecule has 100 valence electrons. The van der Waals surface area contributed by atoms with Crippen LogP contribution < -0.4 is 10.5 Å². The summed E-state index contributed by atoms with van der Waals surface area (Å²) in [5.74, 6) is 0.917. The van der Waals surface area contributed by atoms with Crippen LogP contribution in [0.3, 0.4) is 0 Å². The summed E-state index contributed by atoms with van der Waals surface area (Å²) in [6, 6.07) is 2.36. The number of pyridine rings is 1. The summed E-state index contributed by atoms with van der Waals surface area (Å²) < 4.78 is 0. The summed E-state index contributed by atoms with van der Waals surface area (Å²) in [5.41, 5.74) is -0.192. The van der Waals surface area contributed by atoms with Crippen molar-refractivity contribution in [2.75, 3.05) is 31.6 Å². The van der Waals surface area contributed by atoms with E-state index in [0.717, 1.165) is 30.8 Å². The van der Waals surface area contributed by atoms with E-state index in [4.69, 9.17) is 0 Å². The highest BCUT2D eigenvalue weighted by molar-refractivity contribution is 5.82. The van der Waals surface area contributed by atoms with E-state index < -0.39 is 0 Å². The third-order valence-corrected chi connectivity index (χ3v) is 3.66. The first-order chi connectivity index (χ1) is 9.15. The molecule has 2 aromatic heterocycles. The fraction of sp³-hybridized carbons (Fsp3) is 0.462. The number of nitrogens with zero attached hydrogens (tertiary/aromatic N) is 4. The van der Waals surface area contributed by atoms with Crippen molar-refractivity contribution in [3.8, 4) is 0 Å². The third-order valence-electron chi connectivity index (χ3n) is 3.66. The van der Waals surface area contributed by atoms with Gasteiger partial charge in [0.15, 0.2) is 0 Å². The lowest BCUT2D eigenvalue weighted by molar-refractivity contribution is 0.274.